The lowest BCUT2D eigenvalue weighted by molar-refractivity contribution is -0.141. The summed E-state index contributed by atoms with van der Waals surface area (Å²) in [5, 5.41) is 8.55. The van der Waals surface area contributed by atoms with E-state index in [-0.39, 0.29) is 6.54 Å². The van der Waals surface area contributed by atoms with Gasteiger partial charge in [0, 0.05) is 13.6 Å². The number of hydrogen-bond donors (Lipinski definition) is 2. The first-order valence-electron chi connectivity index (χ1n) is 5.99. The fraction of sp³-hybridized carbons (Fsp3) is 0.385. The van der Waals surface area contributed by atoms with Crippen LogP contribution >= 0.6 is 0 Å². The number of halogens is 3. The van der Waals surface area contributed by atoms with E-state index in [2.05, 4.69) is 0 Å². The molecule has 0 heterocycles. The second-order valence-electron chi connectivity index (χ2n) is 4.59. The Morgan fingerprint density at radius 1 is 1.29 bits per heavy atom. The van der Waals surface area contributed by atoms with E-state index in [0.29, 0.717) is 5.56 Å². The minimum Gasteiger partial charge on any atom is -0.481 e. The maximum Gasteiger partial charge on any atom is 0.416 e. The Morgan fingerprint density at radius 2 is 1.81 bits per heavy atom. The molecule has 1 amide bonds. The van der Waals surface area contributed by atoms with Crippen LogP contribution in [0.3, 0.4) is 0 Å². The van der Waals surface area contributed by atoms with E-state index in [9.17, 15) is 22.8 Å². The van der Waals surface area contributed by atoms with Crippen LogP contribution in [0.25, 0.3) is 0 Å². The van der Waals surface area contributed by atoms with Crippen LogP contribution in [0, 0.1) is 0 Å². The number of likely N-dealkylation sites (N-methyl/N-ethyl adjacent to an activating group) is 1. The number of carboxylic acid groups (broad SMARTS) is 1. The summed E-state index contributed by atoms with van der Waals surface area (Å²) in [6, 6.07) is 3.18. The summed E-state index contributed by atoms with van der Waals surface area (Å²) in [5.41, 5.74) is 5.15. The van der Waals surface area contributed by atoms with E-state index in [0.717, 1.165) is 12.1 Å². The normalized spacial score (nSPS) is 12.8. The Labute approximate surface area is 119 Å². The Kier molecular flexibility index (Phi) is 5.31. The van der Waals surface area contributed by atoms with Crippen molar-refractivity contribution in [1.29, 1.82) is 0 Å². The van der Waals surface area contributed by atoms with Crippen LogP contribution < -0.4 is 5.73 Å². The molecule has 0 aliphatic rings. The summed E-state index contributed by atoms with van der Waals surface area (Å²) in [4.78, 5) is 23.4. The smallest absolute Gasteiger partial charge is 0.416 e. The highest BCUT2D eigenvalue weighted by Crippen LogP contribution is 2.29. The number of nitrogens with two attached hydrogens (primary N) is 1. The standard InChI is InChI=1S/C13H15F3N2O3/c1-18(12(21)10(17)6-11(19)20)7-8-2-4-9(5-3-8)13(14,15)16/h2-5,10H,6-7,17H2,1H3,(H,19,20). The lowest BCUT2D eigenvalue weighted by Gasteiger charge is -2.20. The number of aliphatic carboxylic acids is 1. The molecule has 21 heavy (non-hydrogen) atoms. The van der Waals surface area contributed by atoms with Crippen LogP contribution in [-0.4, -0.2) is 35.0 Å². The van der Waals surface area contributed by atoms with Gasteiger partial charge < -0.3 is 15.7 Å². The molecule has 0 aliphatic heterocycles. The van der Waals surface area contributed by atoms with Gasteiger partial charge >= 0.3 is 12.1 Å². The molecule has 8 heteroatoms. The van der Waals surface area contributed by atoms with Crippen molar-refractivity contribution in [2.24, 2.45) is 5.73 Å². The van der Waals surface area contributed by atoms with Gasteiger partial charge in [0.1, 0.15) is 0 Å². The van der Waals surface area contributed by atoms with Gasteiger partial charge in [-0.05, 0) is 17.7 Å². The van der Waals surface area contributed by atoms with E-state index < -0.39 is 36.1 Å². The maximum atomic E-state index is 12.4. The van der Waals surface area contributed by atoms with E-state index >= 15 is 0 Å². The number of nitrogens with zero attached hydrogens (tertiary/aromatic N) is 1. The van der Waals surface area contributed by atoms with E-state index in [1.165, 1.54) is 24.1 Å². The SMILES string of the molecule is CN(Cc1ccc(C(F)(F)F)cc1)C(=O)C(N)CC(=O)O. The van der Waals surface area contributed by atoms with E-state index in [4.69, 9.17) is 10.8 Å². The Hall–Kier alpha value is -2.09. The van der Waals surface area contributed by atoms with Crippen molar-refractivity contribution in [3.8, 4) is 0 Å². The maximum absolute atomic E-state index is 12.4. The molecule has 5 nitrogen and oxygen atoms in total. The summed E-state index contributed by atoms with van der Waals surface area (Å²) in [7, 11) is 1.40. The van der Waals surface area contributed by atoms with Crippen molar-refractivity contribution in [1.82, 2.24) is 4.90 Å². The highest BCUT2D eigenvalue weighted by atomic mass is 19.4. The molecular formula is C13H15F3N2O3. The zero-order chi connectivity index (χ0) is 16.2. The first kappa shape index (κ1) is 17.0. The minimum absolute atomic E-state index is 0.0459. The van der Waals surface area contributed by atoms with Crippen molar-refractivity contribution in [3.63, 3.8) is 0 Å². The molecule has 0 saturated heterocycles. The van der Waals surface area contributed by atoms with Crippen LogP contribution in [-0.2, 0) is 22.3 Å². The summed E-state index contributed by atoms with van der Waals surface area (Å²) < 4.78 is 37.2. The lowest BCUT2D eigenvalue weighted by Crippen LogP contribution is -2.42. The molecule has 1 unspecified atom stereocenters. The van der Waals surface area contributed by atoms with Gasteiger partial charge in [-0.2, -0.15) is 13.2 Å². The number of carbonyl (C=O) groups excluding carboxylic acids is 1. The summed E-state index contributed by atoms with van der Waals surface area (Å²) in [6.45, 7) is 0.0459. The van der Waals surface area contributed by atoms with Crippen molar-refractivity contribution >= 4 is 11.9 Å². The monoisotopic (exact) mass is 304 g/mol. The molecule has 3 N–H and O–H groups in total. The first-order chi connectivity index (χ1) is 9.61. The third-order valence-electron chi connectivity index (χ3n) is 2.79. The molecule has 0 radical (unpaired) electrons. The zero-order valence-corrected chi connectivity index (χ0v) is 11.2. The second kappa shape index (κ2) is 6.57. The molecular weight excluding hydrogens is 289 g/mol. The summed E-state index contributed by atoms with van der Waals surface area (Å²) in [6.07, 6.45) is -4.92. The number of carboxylic acids is 1. The number of benzene rings is 1. The van der Waals surface area contributed by atoms with Gasteiger partial charge in [0.15, 0.2) is 0 Å². The average Bonchev–Trinajstić information content (AvgIpc) is 2.36. The molecule has 1 aromatic rings. The molecule has 0 aromatic heterocycles. The fourth-order valence-corrected chi connectivity index (χ4v) is 1.71. The number of rotatable bonds is 5. The van der Waals surface area contributed by atoms with Gasteiger partial charge in [-0.3, -0.25) is 9.59 Å². The van der Waals surface area contributed by atoms with Crippen LogP contribution in [0.1, 0.15) is 17.5 Å². The Balaban J connectivity index is 2.68. The largest absolute Gasteiger partial charge is 0.481 e. The number of hydrogen-bond acceptors (Lipinski definition) is 3. The first-order valence-corrected chi connectivity index (χ1v) is 5.99. The van der Waals surface area contributed by atoms with Crippen LogP contribution in [0.2, 0.25) is 0 Å². The Morgan fingerprint density at radius 3 is 2.24 bits per heavy atom. The summed E-state index contributed by atoms with van der Waals surface area (Å²) >= 11 is 0. The zero-order valence-electron chi connectivity index (χ0n) is 11.2. The minimum atomic E-state index is -4.41. The van der Waals surface area contributed by atoms with Gasteiger partial charge in [-0.15, -0.1) is 0 Å². The molecule has 0 saturated carbocycles. The second-order valence-corrected chi connectivity index (χ2v) is 4.59. The van der Waals surface area contributed by atoms with E-state index in [1.54, 1.807) is 0 Å². The molecule has 0 fully saturated rings. The van der Waals surface area contributed by atoms with Crippen LogP contribution in [0.4, 0.5) is 13.2 Å². The third kappa shape index (κ3) is 5.07. The van der Waals surface area contributed by atoms with E-state index in [1.807, 2.05) is 0 Å². The van der Waals surface area contributed by atoms with Crippen LogP contribution in [0.15, 0.2) is 24.3 Å². The molecule has 0 aliphatic carbocycles. The number of alkyl halides is 3. The van der Waals surface area contributed by atoms with Crippen molar-refractivity contribution in [2.45, 2.75) is 25.2 Å². The van der Waals surface area contributed by atoms with Crippen molar-refractivity contribution in [2.75, 3.05) is 7.05 Å². The highest BCUT2D eigenvalue weighted by molar-refractivity contribution is 5.85. The topological polar surface area (TPSA) is 83.6 Å². The third-order valence-corrected chi connectivity index (χ3v) is 2.79. The summed E-state index contributed by atoms with van der Waals surface area (Å²) in [5.74, 6) is -1.78. The number of amides is 1. The molecule has 116 valence electrons. The fourth-order valence-electron chi connectivity index (χ4n) is 1.71. The van der Waals surface area contributed by atoms with Gasteiger partial charge in [0.25, 0.3) is 0 Å². The average molecular weight is 304 g/mol. The molecule has 1 atom stereocenters. The van der Waals surface area contributed by atoms with Gasteiger partial charge in [-0.25, -0.2) is 0 Å². The van der Waals surface area contributed by atoms with Crippen LogP contribution in [0.5, 0.6) is 0 Å². The van der Waals surface area contributed by atoms with Crippen molar-refractivity contribution < 1.29 is 27.9 Å². The molecule has 1 aromatic carbocycles. The van der Waals surface area contributed by atoms with Crippen molar-refractivity contribution in [3.05, 3.63) is 35.4 Å². The van der Waals surface area contributed by atoms with Gasteiger partial charge in [0.2, 0.25) is 5.91 Å². The molecule has 0 spiro atoms. The quantitative estimate of drug-likeness (QED) is 0.863. The predicted molar refractivity (Wildman–Crippen MR) is 68.1 cm³/mol. The molecule has 0 bridgehead atoms. The molecule has 1 rings (SSSR count). The predicted octanol–water partition coefficient (Wildman–Crippen LogP) is 1.47. The Bertz CT molecular complexity index is 514. The lowest BCUT2D eigenvalue weighted by atomic mass is 10.1. The highest BCUT2D eigenvalue weighted by Gasteiger charge is 2.30. The van der Waals surface area contributed by atoms with Gasteiger partial charge in [0.05, 0.1) is 18.0 Å². The number of carbonyl (C=O) groups is 2. The van der Waals surface area contributed by atoms with Gasteiger partial charge in [-0.1, -0.05) is 12.1 Å².